The van der Waals surface area contributed by atoms with E-state index in [0.29, 0.717) is 13.1 Å². The van der Waals surface area contributed by atoms with Crippen LogP contribution in [-0.2, 0) is 9.47 Å². The third kappa shape index (κ3) is 4.46. The molecule has 0 spiro atoms. The number of amides is 1. The molecule has 2 atom stereocenters. The lowest BCUT2D eigenvalue weighted by Gasteiger charge is -2.34. The van der Waals surface area contributed by atoms with Crippen molar-refractivity contribution in [2.75, 3.05) is 19.7 Å². The van der Waals surface area contributed by atoms with Crippen molar-refractivity contribution in [3.8, 4) is 0 Å². The van der Waals surface area contributed by atoms with Crippen LogP contribution in [0.4, 0.5) is 4.79 Å². The molecule has 1 aliphatic rings. The lowest BCUT2D eigenvalue weighted by atomic mass is 9.83. The Balaban J connectivity index is 2.46. The number of hydrogen-bond donors (Lipinski definition) is 2. The minimum atomic E-state index is -0.479. The summed E-state index contributed by atoms with van der Waals surface area (Å²) in [5, 5.41) is 2.79. The van der Waals surface area contributed by atoms with Gasteiger partial charge in [0.2, 0.25) is 0 Å². The Kier molecular flexibility index (Phi) is 4.99. The summed E-state index contributed by atoms with van der Waals surface area (Å²) >= 11 is 0. The molecule has 106 valence electrons. The molecule has 18 heavy (non-hydrogen) atoms. The van der Waals surface area contributed by atoms with Gasteiger partial charge in [0.05, 0.1) is 6.10 Å². The molecular formula is C13H26N2O3. The highest BCUT2D eigenvalue weighted by Gasteiger charge is 2.36. The van der Waals surface area contributed by atoms with E-state index in [1.807, 2.05) is 27.7 Å². The zero-order valence-corrected chi connectivity index (χ0v) is 11.9. The average molecular weight is 258 g/mol. The molecule has 1 fully saturated rings. The monoisotopic (exact) mass is 258 g/mol. The largest absolute Gasteiger partial charge is 0.444 e. The average Bonchev–Trinajstić information content (AvgIpc) is 2.77. The molecule has 3 N–H and O–H groups in total. The first kappa shape index (κ1) is 15.2. The van der Waals surface area contributed by atoms with E-state index < -0.39 is 11.7 Å². The van der Waals surface area contributed by atoms with Gasteiger partial charge < -0.3 is 20.5 Å². The molecule has 0 radical (unpaired) electrons. The second-order valence-corrected chi connectivity index (χ2v) is 6.22. The van der Waals surface area contributed by atoms with Crippen molar-refractivity contribution >= 4 is 6.09 Å². The molecule has 5 heteroatoms. The number of rotatable bonds is 4. The Morgan fingerprint density at radius 1 is 1.44 bits per heavy atom. The van der Waals surface area contributed by atoms with E-state index in [-0.39, 0.29) is 11.5 Å². The van der Waals surface area contributed by atoms with Gasteiger partial charge in [0, 0.05) is 25.1 Å². The van der Waals surface area contributed by atoms with Gasteiger partial charge in [-0.3, -0.25) is 0 Å². The molecule has 1 rings (SSSR count). The Morgan fingerprint density at radius 3 is 2.56 bits per heavy atom. The normalized spacial score (nSPS) is 23.5. The molecule has 1 heterocycles. The molecule has 0 saturated carbocycles. The zero-order valence-electron chi connectivity index (χ0n) is 11.9. The molecule has 0 aliphatic carbocycles. The minimum absolute atomic E-state index is 0.123. The van der Waals surface area contributed by atoms with Gasteiger partial charge in [-0.05, 0) is 33.6 Å². The molecule has 0 bridgehead atoms. The number of nitrogens with one attached hydrogen (secondary N) is 1. The van der Waals surface area contributed by atoms with Gasteiger partial charge in [0.25, 0.3) is 0 Å². The van der Waals surface area contributed by atoms with E-state index in [0.717, 1.165) is 19.4 Å². The predicted molar refractivity (Wildman–Crippen MR) is 70.4 cm³/mol. The summed E-state index contributed by atoms with van der Waals surface area (Å²) in [6.45, 7) is 9.31. The first-order chi connectivity index (χ1) is 8.27. The zero-order chi connectivity index (χ0) is 13.8. The quantitative estimate of drug-likeness (QED) is 0.804. The number of ether oxygens (including phenoxy) is 2. The number of carbonyl (C=O) groups is 1. The van der Waals surface area contributed by atoms with Crippen molar-refractivity contribution in [3.63, 3.8) is 0 Å². The van der Waals surface area contributed by atoms with Crippen molar-refractivity contribution in [3.05, 3.63) is 0 Å². The van der Waals surface area contributed by atoms with Crippen molar-refractivity contribution in [1.82, 2.24) is 5.32 Å². The van der Waals surface area contributed by atoms with Crippen molar-refractivity contribution < 1.29 is 14.3 Å². The lowest BCUT2D eigenvalue weighted by molar-refractivity contribution is 0.00917. The Bertz CT molecular complexity index is 282. The van der Waals surface area contributed by atoms with E-state index in [9.17, 15) is 4.79 Å². The first-order valence-corrected chi connectivity index (χ1v) is 6.55. The van der Waals surface area contributed by atoms with Gasteiger partial charge in [-0.15, -0.1) is 0 Å². The second kappa shape index (κ2) is 5.89. The van der Waals surface area contributed by atoms with E-state index in [2.05, 4.69) is 5.32 Å². The van der Waals surface area contributed by atoms with Crippen molar-refractivity contribution in [1.29, 1.82) is 0 Å². The second-order valence-electron chi connectivity index (χ2n) is 6.22. The number of carbonyl (C=O) groups excluding carboxylic acids is 1. The maximum absolute atomic E-state index is 11.6. The lowest BCUT2D eigenvalue weighted by Crippen LogP contribution is -2.48. The van der Waals surface area contributed by atoms with Crippen LogP contribution < -0.4 is 11.1 Å². The number of nitrogens with two attached hydrogens (primary N) is 1. The molecule has 2 unspecified atom stereocenters. The molecule has 0 aromatic rings. The summed E-state index contributed by atoms with van der Waals surface area (Å²) in [6, 6.07) is 0. The molecule has 1 amide bonds. The summed E-state index contributed by atoms with van der Waals surface area (Å²) in [5.74, 6) is 0. The van der Waals surface area contributed by atoms with Gasteiger partial charge >= 0.3 is 6.09 Å². The summed E-state index contributed by atoms with van der Waals surface area (Å²) in [7, 11) is 0. The fraction of sp³-hybridized carbons (Fsp3) is 0.923. The van der Waals surface area contributed by atoms with Gasteiger partial charge in [0.1, 0.15) is 5.60 Å². The molecule has 1 saturated heterocycles. The van der Waals surface area contributed by atoms with Crippen LogP contribution in [0.15, 0.2) is 0 Å². The number of alkyl carbamates (subject to hydrolysis) is 1. The number of hydrogen-bond acceptors (Lipinski definition) is 4. The van der Waals surface area contributed by atoms with Crippen LogP contribution in [0.1, 0.15) is 40.5 Å². The van der Waals surface area contributed by atoms with Crippen LogP contribution in [0.5, 0.6) is 0 Å². The van der Waals surface area contributed by atoms with Gasteiger partial charge in [-0.2, -0.15) is 0 Å². The van der Waals surface area contributed by atoms with Crippen LogP contribution >= 0.6 is 0 Å². The van der Waals surface area contributed by atoms with E-state index >= 15 is 0 Å². The van der Waals surface area contributed by atoms with Crippen LogP contribution in [0, 0.1) is 5.41 Å². The highest BCUT2D eigenvalue weighted by Crippen LogP contribution is 2.29. The predicted octanol–water partition coefficient (Wildman–Crippen LogP) is 1.66. The molecule has 0 aromatic heterocycles. The summed E-state index contributed by atoms with van der Waals surface area (Å²) in [6.07, 6.45) is 1.79. The Hall–Kier alpha value is -0.810. The third-order valence-electron chi connectivity index (χ3n) is 3.21. The SMILES string of the molecule is CC(C)(C)OC(=O)NCC(C)(CN)C1CCCO1. The summed E-state index contributed by atoms with van der Waals surface area (Å²) in [5.41, 5.74) is 5.12. The van der Waals surface area contributed by atoms with Gasteiger partial charge in [-0.25, -0.2) is 4.79 Å². The van der Waals surface area contributed by atoms with E-state index in [1.165, 1.54) is 0 Å². The molecule has 5 nitrogen and oxygen atoms in total. The summed E-state index contributed by atoms with van der Waals surface area (Å²) in [4.78, 5) is 11.6. The molecular weight excluding hydrogens is 232 g/mol. The van der Waals surface area contributed by atoms with E-state index in [1.54, 1.807) is 0 Å². The fourth-order valence-corrected chi connectivity index (χ4v) is 2.03. The van der Waals surface area contributed by atoms with Crippen LogP contribution in [0.25, 0.3) is 0 Å². The highest BCUT2D eigenvalue weighted by atomic mass is 16.6. The maximum atomic E-state index is 11.6. The van der Waals surface area contributed by atoms with Gasteiger partial charge in [-0.1, -0.05) is 6.92 Å². The van der Waals surface area contributed by atoms with Gasteiger partial charge in [0.15, 0.2) is 0 Å². The minimum Gasteiger partial charge on any atom is -0.444 e. The van der Waals surface area contributed by atoms with Crippen LogP contribution in [-0.4, -0.2) is 37.5 Å². The Labute approximate surface area is 109 Å². The van der Waals surface area contributed by atoms with Crippen LogP contribution in [0.2, 0.25) is 0 Å². The smallest absolute Gasteiger partial charge is 0.407 e. The summed E-state index contributed by atoms with van der Waals surface area (Å²) < 4.78 is 10.9. The highest BCUT2D eigenvalue weighted by molar-refractivity contribution is 5.67. The standard InChI is InChI=1S/C13H26N2O3/c1-12(2,3)18-11(16)15-9-13(4,8-14)10-6-5-7-17-10/h10H,5-9,14H2,1-4H3,(H,15,16). The fourth-order valence-electron chi connectivity index (χ4n) is 2.03. The molecule has 1 aliphatic heterocycles. The maximum Gasteiger partial charge on any atom is 0.407 e. The van der Waals surface area contributed by atoms with E-state index in [4.69, 9.17) is 15.2 Å². The van der Waals surface area contributed by atoms with Crippen molar-refractivity contribution in [2.45, 2.75) is 52.2 Å². The topological polar surface area (TPSA) is 73.6 Å². The van der Waals surface area contributed by atoms with Crippen LogP contribution in [0.3, 0.4) is 0 Å². The molecule has 0 aromatic carbocycles. The third-order valence-corrected chi connectivity index (χ3v) is 3.21. The Morgan fingerprint density at radius 2 is 2.11 bits per heavy atom. The first-order valence-electron chi connectivity index (χ1n) is 6.55. The van der Waals surface area contributed by atoms with Crippen molar-refractivity contribution in [2.24, 2.45) is 11.1 Å².